The number of rotatable bonds is 15. The molecule has 6 aromatic carbocycles. The molecule has 6 aromatic rings. The SMILES string of the molecule is CCC(C)(CC)c1ccc(C(C)(C)c2ccc(Cc3ccc(C(C)(C)c4ccc(Oc5ccc(S(=O)(=O)c6ccc(O)cc6)cc5)cc4)cc3)cc2)cc1.CCC(C)CC. The molecule has 0 fully saturated rings. The molecule has 4 nitrogen and oxygen atoms in total. The molecule has 0 saturated carbocycles. The highest BCUT2D eigenvalue weighted by molar-refractivity contribution is 7.91. The van der Waals surface area contributed by atoms with Gasteiger partial charge in [-0.1, -0.05) is 167 Å². The topological polar surface area (TPSA) is 63.6 Å². The minimum atomic E-state index is -3.70. The van der Waals surface area contributed by atoms with Gasteiger partial charge in [-0.15, -0.1) is 0 Å². The van der Waals surface area contributed by atoms with Crippen LogP contribution in [0.2, 0.25) is 0 Å². The van der Waals surface area contributed by atoms with Gasteiger partial charge in [0.25, 0.3) is 0 Å². The molecule has 0 heterocycles. The largest absolute Gasteiger partial charge is 0.508 e. The summed E-state index contributed by atoms with van der Waals surface area (Å²) in [4.78, 5) is 0.278. The number of hydrogen-bond acceptors (Lipinski definition) is 4. The molecule has 0 unspecified atom stereocenters. The summed E-state index contributed by atoms with van der Waals surface area (Å²) < 4.78 is 32.0. The van der Waals surface area contributed by atoms with Crippen LogP contribution in [0.3, 0.4) is 0 Å². The van der Waals surface area contributed by atoms with Crippen LogP contribution in [0.1, 0.15) is 134 Å². The van der Waals surface area contributed by atoms with E-state index in [1.807, 2.05) is 12.1 Å². The summed E-state index contributed by atoms with van der Waals surface area (Å²) in [6.07, 6.45) is 5.81. The summed E-state index contributed by atoms with van der Waals surface area (Å²) in [6, 6.07) is 47.3. The molecule has 0 saturated heterocycles. The first-order valence-corrected chi connectivity index (χ1v) is 23.2. The number of aromatic hydroxyl groups is 1. The smallest absolute Gasteiger partial charge is 0.206 e. The second-order valence-corrected chi connectivity index (χ2v) is 19.6. The standard InChI is InChI=1S/C49H52O4S.C6H14/c1-8-49(7,9-2)41-20-18-39(19-21-41)47(3,4)37-14-10-35(11-15-37)34-36-12-16-38(17-13-36)48(5,6)40-22-26-43(27-23-40)53-44-28-32-46(33-29-44)54(51,52)45-30-24-42(50)25-31-45;1-4-6(3)5-2/h10-33,50H,8-9,34H2,1-7H3;6H,4-5H2,1-3H3. The Bertz CT molecular complexity index is 2350. The second-order valence-electron chi connectivity index (χ2n) is 17.7. The Morgan fingerprint density at radius 1 is 0.483 bits per heavy atom. The van der Waals surface area contributed by atoms with Crippen LogP contribution in [0.4, 0.5) is 0 Å². The molecule has 0 aliphatic rings. The van der Waals surface area contributed by atoms with Crippen molar-refractivity contribution in [2.75, 3.05) is 0 Å². The number of ether oxygens (including phenoxy) is 1. The van der Waals surface area contributed by atoms with Gasteiger partial charge < -0.3 is 9.84 Å². The van der Waals surface area contributed by atoms with Crippen LogP contribution in [0.25, 0.3) is 0 Å². The molecule has 0 amide bonds. The Balaban J connectivity index is 0.00000106. The maximum Gasteiger partial charge on any atom is 0.206 e. The summed E-state index contributed by atoms with van der Waals surface area (Å²) in [5.41, 5.74) is 8.95. The van der Waals surface area contributed by atoms with Gasteiger partial charge in [0.2, 0.25) is 9.84 Å². The van der Waals surface area contributed by atoms with Crippen LogP contribution in [-0.2, 0) is 32.5 Å². The van der Waals surface area contributed by atoms with Crippen molar-refractivity contribution in [3.8, 4) is 17.2 Å². The van der Waals surface area contributed by atoms with Crippen LogP contribution < -0.4 is 4.74 Å². The normalized spacial score (nSPS) is 12.2. The summed E-state index contributed by atoms with van der Waals surface area (Å²) in [6.45, 7) is 22.7. The summed E-state index contributed by atoms with van der Waals surface area (Å²) >= 11 is 0. The first kappa shape index (κ1) is 45.9. The van der Waals surface area contributed by atoms with Gasteiger partial charge in [-0.05, 0) is 130 Å². The third kappa shape index (κ3) is 10.8. The van der Waals surface area contributed by atoms with Crippen molar-refractivity contribution in [1.29, 1.82) is 0 Å². The lowest BCUT2D eigenvalue weighted by atomic mass is 9.74. The first-order chi connectivity index (χ1) is 28.5. The Kier molecular flexibility index (Phi) is 14.9. The number of benzene rings is 6. The molecule has 0 aliphatic carbocycles. The van der Waals surface area contributed by atoms with E-state index in [-0.39, 0.29) is 31.8 Å². The molecule has 5 heteroatoms. The van der Waals surface area contributed by atoms with E-state index in [2.05, 4.69) is 154 Å². The molecule has 0 spiro atoms. The van der Waals surface area contributed by atoms with E-state index >= 15 is 0 Å². The third-order valence-corrected chi connectivity index (χ3v) is 14.9. The molecule has 0 bridgehead atoms. The fraction of sp³-hybridized carbons (Fsp3) is 0.345. The lowest BCUT2D eigenvalue weighted by molar-refractivity contribution is 0.438. The molecule has 0 atom stereocenters. The Labute approximate surface area is 361 Å². The average molecular weight is 823 g/mol. The van der Waals surface area contributed by atoms with Gasteiger partial charge in [-0.3, -0.25) is 0 Å². The van der Waals surface area contributed by atoms with Gasteiger partial charge in [-0.25, -0.2) is 8.42 Å². The lowest BCUT2D eigenvalue weighted by Crippen LogP contribution is -2.21. The molecular weight excluding hydrogens is 757 g/mol. The van der Waals surface area contributed by atoms with Gasteiger partial charge in [0, 0.05) is 10.8 Å². The fourth-order valence-electron chi connectivity index (χ4n) is 7.41. The quantitative estimate of drug-likeness (QED) is 0.112. The highest BCUT2D eigenvalue weighted by atomic mass is 32.2. The maximum absolute atomic E-state index is 13.0. The number of phenols is 1. The molecule has 316 valence electrons. The average Bonchev–Trinajstić information content (AvgIpc) is 3.27. The van der Waals surface area contributed by atoms with Crippen LogP contribution in [0, 0.1) is 5.92 Å². The van der Waals surface area contributed by atoms with Crippen molar-refractivity contribution in [1.82, 2.24) is 0 Å². The first-order valence-electron chi connectivity index (χ1n) is 21.7. The van der Waals surface area contributed by atoms with Crippen LogP contribution in [-0.4, -0.2) is 13.5 Å². The maximum atomic E-state index is 13.0. The molecule has 60 heavy (non-hydrogen) atoms. The van der Waals surface area contributed by atoms with Crippen molar-refractivity contribution < 1.29 is 18.3 Å². The lowest BCUT2D eigenvalue weighted by Gasteiger charge is -2.30. The van der Waals surface area contributed by atoms with E-state index in [0.717, 1.165) is 30.7 Å². The van der Waals surface area contributed by atoms with Crippen molar-refractivity contribution in [3.63, 3.8) is 0 Å². The predicted octanol–water partition coefficient (Wildman–Crippen LogP) is 14.8. The number of hydrogen-bond donors (Lipinski definition) is 1. The van der Waals surface area contributed by atoms with Crippen molar-refractivity contribution in [2.45, 2.75) is 127 Å². The molecule has 1 N–H and O–H groups in total. The van der Waals surface area contributed by atoms with Gasteiger partial charge >= 0.3 is 0 Å². The highest BCUT2D eigenvalue weighted by Crippen LogP contribution is 2.37. The summed E-state index contributed by atoms with van der Waals surface area (Å²) in [5, 5.41) is 9.51. The molecule has 6 rings (SSSR count). The zero-order chi connectivity index (χ0) is 43.7. The third-order valence-electron chi connectivity index (χ3n) is 13.1. The molecular formula is C55H66O4S. The zero-order valence-corrected chi connectivity index (χ0v) is 38.4. The Morgan fingerprint density at radius 2 is 0.800 bits per heavy atom. The number of phenolic OH excluding ortho intramolecular Hbond substituents is 1. The Hall–Kier alpha value is -5.13. The minimum Gasteiger partial charge on any atom is -0.508 e. The van der Waals surface area contributed by atoms with Gasteiger partial charge in [0.1, 0.15) is 17.2 Å². The summed E-state index contributed by atoms with van der Waals surface area (Å²) in [7, 11) is -3.70. The van der Waals surface area contributed by atoms with Crippen molar-refractivity contribution in [3.05, 3.63) is 185 Å². The van der Waals surface area contributed by atoms with Gasteiger partial charge in [0.15, 0.2) is 0 Å². The zero-order valence-electron chi connectivity index (χ0n) is 37.5. The molecule has 0 aliphatic heterocycles. The predicted molar refractivity (Wildman–Crippen MR) is 251 cm³/mol. The second kappa shape index (κ2) is 19.5. The van der Waals surface area contributed by atoms with Crippen LogP contribution in [0.15, 0.2) is 155 Å². The Morgan fingerprint density at radius 3 is 1.15 bits per heavy atom. The highest BCUT2D eigenvalue weighted by Gasteiger charge is 2.27. The minimum absolute atomic E-state index is 0.0158. The summed E-state index contributed by atoms with van der Waals surface area (Å²) in [5.74, 6) is 2.15. The van der Waals surface area contributed by atoms with E-state index in [4.69, 9.17) is 4.74 Å². The van der Waals surface area contributed by atoms with Crippen molar-refractivity contribution in [2.24, 2.45) is 5.92 Å². The van der Waals surface area contributed by atoms with E-state index in [1.54, 1.807) is 12.1 Å². The van der Waals surface area contributed by atoms with Crippen LogP contribution >= 0.6 is 0 Å². The van der Waals surface area contributed by atoms with E-state index in [9.17, 15) is 13.5 Å². The van der Waals surface area contributed by atoms with Gasteiger partial charge in [-0.2, -0.15) is 0 Å². The van der Waals surface area contributed by atoms with E-state index in [0.29, 0.717) is 11.5 Å². The molecule has 0 radical (unpaired) electrons. The van der Waals surface area contributed by atoms with E-state index < -0.39 is 9.84 Å². The van der Waals surface area contributed by atoms with Crippen LogP contribution in [0.5, 0.6) is 17.2 Å². The van der Waals surface area contributed by atoms with Gasteiger partial charge in [0.05, 0.1) is 9.79 Å². The van der Waals surface area contributed by atoms with E-state index in [1.165, 1.54) is 82.6 Å². The monoisotopic (exact) mass is 822 g/mol. The fourth-order valence-corrected chi connectivity index (χ4v) is 8.67. The molecule has 0 aromatic heterocycles. The van der Waals surface area contributed by atoms with Crippen molar-refractivity contribution >= 4 is 9.84 Å². The number of sulfone groups is 1.